The number of fused-ring (bicyclic) bond motifs is 1. The van der Waals surface area contributed by atoms with E-state index in [0.29, 0.717) is 10.2 Å². The third-order valence-corrected chi connectivity index (χ3v) is 5.05. The predicted molar refractivity (Wildman–Crippen MR) is 94.3 cm³/mol. The lowest BCUT2D eigenvalue weighted by atomic mass is 10.2. The second-order valence-corrected chi connectivity index (χ2v) is 7.00. The van der Waals surface area contributed by atoms with E-state index in [1.807, 2.05) is 27.7 Å². The van der Waals surface area contributed by atoms with Crippen LogP contribution in [-0.2, 0) is 16.1 Å². The Bertz CT molecular complexity index is 825. The Morgan fingerprint density at radius 3 is 2.71 bits per heavy atom. The van der Waals surface area contributed by atoms with E-state index in [2.05, 4.69) is 15.6 Å². The zero-order chi connectivity index (χ0) is 17.9. The maximum atomic E-state index is 12.5. The lowest BCUT2D eigenvalue weighted by Gasteiger charge is -2.12. The second kappa shape index (κ2) is 7.57. The van der Waals surface area contributed by atoms with Gasteiger partial charge in [-0.2, -0.15) is 0 Å². The fourth-order valence-electron chi connectivity index (χ4n) is 2.20. The molecule has 0 aliphatic carbocycles. The molecular formula is C16H22N4O3S. The number of hydrogen-bond acceptors (Lipinski definition) is 5. The quantitative estimate of drug-likeness (QED) is 0.816. The average molecular weight is 350 g/mol. The normalized spacial score (nSPS) is 12.2. The minimum atomic E-state index is -0.401. The van der Waals surface area contributed by atoms with Gasteiger partial charge in [-0.25, -0.2) is 4.98 Å². The van der Waals surface area contributed by atoms with E-state index in [9.17, 15) is 14.4 Å². The minimum Gasteiger partial charge on any atom is -0.352 e. The van der Waals surface area contributed by atoms with Crippen LogP contribution in [0.25, 0.3) is 10.2 Å². The van der Waals surface area contributed by atoms with E-state index in [4.69, 9.17) is 0 Å². The molecule has 0 fully saturated rings. The largest absolute Gasteiger partial charge is 0.352 e. The summed E-state index contributed by atoms with van der Waals surface area (Å²) in [5.74, 6) is -0.648. The van der Waals surface area contributed by atoms with Crippen LogP contribution < -0.4 is 16.2 Å². The molecule has 2 aromatic heterocycles. The van der Waals surface area contributed by atoms with Crippen molar-refractivity contribution in [3.05, 3.63) is 27.1 Å². The maximum Gasteiger partial charge on any atom is 0.262 e. The van der Waals surface area contributed by atoms with Crippen LogP contribution in [0.5, 0.6) is 0 Å². The number of nitrogens with zero attached hydrogens (tertiary/aromatic N) is 2. The molecule has 0 spiro atoms. The van der Waals surface area contributed by atoms with Gasteiger partial charge in [0, 0.05) is 10.9 Å². The molecule has 130 valence electrons. The second-order valence-electron chi connectivity index (χ2n) is 5.79. The molecular weight excluding hydrogens is 328 g/mol. The number of carbonyl (C=O) groups excluding carboxylic acids is 2. The van der Waals surface area contributed by atoms with Crippen LogP contribution in [0.15, 0.2) is 11.1 Å². The SMILES string of the molecule is CC[C@H](C)NC(=O)CNC(=O)Cn1cnc2sc(C)c(C)c2c1=O. The summed E-state index contributed by atoms with van der Waals surface area (Å²) >= 11 is 1.46. The van der Waals surface area contributed by atoms with E-state index < -0.39 is 5.91 Å². The van der Waals surface area contributed by atoms with Crippen LogP contribution in [0.4, 0.5) is 0 Å². The Balaban J connectivity index is 2.03. The van der Waals surface area contributed by atoms with Gasteiger partial charge in [-0.05, 0) is 32.8 Å². The van der Waals surface area contributed by atoms with Gasteiger partial charge in [-0.15, -0.1) is 11.3 Å². The number of hydrogen-bond donors (Lipinski definition) is 2. The number of thiophene rings is 1. The van der Waals surface area contributed by atoms with Crippen molar-refractivity contribution in [3.8, 4) is 0 Å². The van der Waals surface area contributed by atoms with Crippen LogP contribution in [0.2, 0.25) is 0 Å². The highest BCUT2D eigenvalue weighted by Gasteiger charge is 2.14. The summed E-state index contributed by atoms with van der Waals surface area (Å²) in [4.78, 5) is 42.1. The lowest BCUT2D eigenvalue weighted by Crippen LogP contribution is -2.42. The fourth-order valence-corrected chi connectivity index (χ4v) is 3.19. The summed E-state index contributed by atoms with van der Waals surface area (Å²) in [5.41, 5.74) is 0.663. The Morgan fingerprint density at radius 1 is 1.33 bits per heavy atom. The zero-order valence-corrected chi connectivity index (χ0v) is 15.1. The molecule has 2 N–H and O–H groups in total. The molecule has 2 aromatic rings. The highest BCUT2D eigenvalue weighted by Crippen LogP contribution is 2.25. The molecule has 1 atom stereocenters. The van der Waals surface area contributed by atoms with Crippen molar-refractivity contribution in [2.75, 3.05) is 6.54 Å². The van der Waals surface area contributed by atoms with Crippen LogP contribution in [0, 0.1) is 13.8 Å². The number of carbonyl (C=O) groups is 2. The van der Waals surface area contributed by atoms with Crippen molar-refractivity contribution in [1.82, 2.24) is 20.2 Å². The summed E-state index contributed by atoms with van der Waals surface area (Å²) in [6.45, 7) is 7.41. The van der Waals surface area contributed by atoms with Crippen LogP contribution in [0.3, 0.4) is 0 Å². The molecule has 2 amide bonds. The highest BCUT2D eigenvalue weighted by molar-refractivity contribution is 7.18. The number of rotatable bonds is 6. The van der Waals surface area contributed by atoms with Gasteiger partial charge in [-0.3, -0.25) is 19.0 Å². The van der Waals surface area contributed by atoms with Gasteiger partial charge in [0.2, 0.25) is 11.8 Å². The molecule has 7 nitrogen and oxygen atoms in total. The number of nitrogens with one attached hydrogen (secondary N) is 2. The van der Waals surface area contributed by atoms with Gasteiger partial charge in [-0.1, -0.05) is 6.92 Å². The molecule has 0 saturated carbocycles. The van der Waals surface area contributed by atoms with Crippen molar-refractivity contribution in [2.45, 2.75) is 46.7 Å². The van der Waals surface area contributed by atoms with E-state index in [1.54, 1.807) is 0 Å². The predicted octanol–water partition coefficient (Wildman–Crippen LogP) is 1.11. The van der Waals surface area contributed by atoms with Crippen LogP contribution in [0.1, 0.15) is 30.7 Å². The smallest absolute Gasteiger partial charge is 0.262 e. The first kappa shape index (κ1) is 18.1. The standard InChI is InChI=1S/C16H22N4O3S/c1-5-9(2)19-12(21)6-17-13(22)7-20-8-18-15-14(16(20)23)10(3)11(4)24-15/h8-9H,5-7H2,1-4H3,(H,17,22)(H,19,21)/t9-/m0/s1. The van der Waals surface area contributed by atoms with Crippen molar-refractivity contribution in [3.63, 3.8) is 0 Å². The molecule has 8 heteroatoms. The van der Waals surface area contributed by atoms with Crippen molar-refractivity contribution < 1.29 is 9.59 Å². The van der Waals surface area contributed by atoms with Gasteiger partial charge < -0.3 is 10.6 Å². The average Bonchev–Trinajstić information content (AvgIpc) is 2.83. The Hall–Kier alpha value is -2.22. The fraction of sp³-hybridized carbons (Fsp3) is 0.500. The first-order valence-electron chi connectivity index (χ1n) is 7.84. The molecule has 24 heavy (non-hydrogen) atoms. The van der Waals surface area contributed by atoms with Gasteiger partial charge in [0.1, 0.15) is 11.4 Å². The summed E-state index contributed by atoms with van der Waals surface area (Å²) in [6, 6.07) is 0.0634. The molecule has 0 saturated heterocycles. The Morgan fingerprint density at radius 2 is 2.04 bits per heavy atom. The van der Waals surface area contributed by atoms with Gasteiger partial charge in [0.15, 0.2) is 0 Å². The first-order valence-corrected chi connectivity index (χ1v) is 8.66. The Kier molecular flexibility index (Phi) is 5.71. The van der Waals surface area contributed by atoms with E-state index in [-0.39, 0.29) is 30.6 Å². The summed E-state index contributed by atoms with van der Waals surface area (Å²) < 4.78 is 1.27. The Labute approximate surface area is 144 Å². The maximum absolute atomic E-state index is 12.5. The molecule has 0 aromatic carbocycles. The van der Waals surface area contributed by atoms with Gasteiger partial charge in [0.05, 0.1) is 18.3 Å². The number of amides is 2. The highest BCUT2D eigenvalue weighted by atomic mass is 32.1. The number of aromatic nitrogens is 2. The molecule has 0 radical (unpaired) electrons. The molecule has 2 heterocycles. The van der Waals surface area contributed by atoms with E-state index in [1.165, 1.54) is 22.2 Å². The van der Waals surface area contributed by atoms with E-state index in [0.717, 1.165) is 16.9 Å². The molecule has 2 rings (SSSR count). The third-order valence-electron chi connectivity index (χ3n) is 3.94. The third kappa shape index (κ3) is 4.00. The summed E-state index contributed by atoms with van der Waals surface area (Å²) in [7, 11) is 0. The molecule has 0 unspecified atom stereocenters. The van der Waals surface area contributed by atoms with Crippen molar-refractivity contribution in [1.29, 1.82) is 0 Å². The van der Waals surface area contributed by atoms with Gasteiger partial charge in [0.25, 0.3) is 5.56 Å². The van der Waals surface area contributed by atoms with Crippen molar-refractivity contribution >= 4 is 33.4 Å². The molecule has 0 aliphatic heterocycles. The van der Waals surface area contributed by atoms with Crippen LogP contribution >= 0.6 is 11.3 Å². The summed E-state index contributed by atoms with van der Waals surface area (Å²) in [5, 5.41) is 5.84. The van der Waals surface area contributed by atoms with Gasteiger partial charge >= 0.3 is 0 Å². The monoisotopic (exact) mass is 350 g/mol. The first-order chi connectivity index (χ1) is 11.3. The molecule has 0 bridgehead atoms. The minimum absolute atomic E-state index is 0.0634. The summed E-state index contributed by atoms with van der Waals surface area (Å²) in [6.07, 6.45) is 2.19. The zero-order valence-electron chi connectivity index (χ0n) is 14.3. The lowest BCUT2D eigenvalue weighted by molar-refractivity contribution is -0.126. The van der Waals surface area contributed by atoms with Crippen molar-refractivity contribution in [2.24, 2.45) is 0 Å². The topological polar surface area (TPSA) is 93.1 Å². The van der Waals surface area contributed by atoms with Crippen LogP contribution in [-0.4, -0.2) is 34.0 Å². The number of aryl methyl sites for hydroxylation is 2. The van der Waals surface area contributed by atoms with E-state index >= 15 is 0 Å². The molecule has 0 aliphatic rings.